The van der Waals surface area contributed by atoms with Crippen LogP contribution in [0, 0.1) is 0 Å². The molecule has 3 nitrogen and oxygen atoms in total. The first kappa shape index (κ1) is 14.6. The Labute approximate surface area is 124 Å². The average molecular weight is 288 g/mol. The minimum atomic E-state index is 0.161. The number of hydrogen-bond donors (Lipinski definition) is 1. The van der Waals surface area contributed by atoms with E-state index < -0.39 is 0 Å². The first-order valence-corrected chi connectivity index (χ1v) is 7.77. The van der Waals surface area contributed by atoms with Gasteiger partial charge in [-0.1, -0.05) is 25.1 Å². The van der Waals surface area contributed by atoms with Crippen LogP contribution in [0.4, 0.5) is 5.69 Å². The number of nitrogens with two attached hydrogens (primary N) is 1. The predicted octanol–water partition coefficient (Wildman–Crippen LogP) is 3.31. The molecule has 0 saturated heterocycles. The van der Waals surface area contributed by atoms with Crippen molar-refractivity contribution in [2.24, 2.45) is 0 Å². The highest BCUT2D eigenvalue weighted by molar-refractivity contribution is 7.07. The Bertz CT molecular complexity index is 551. The number of carbonyl (C=O) groups is 1. The third-order valence-electron chi connectivity index (χ3n) is 3.20. The second-order valence-electron chi connectivity index (χ2n) is 4.82. The van der Waals surface area contributed by atoms with Gasteiger partial charge in [0.2, 0.25) is 5.91 Å². The molecule has 2 aromatic rings. The summed E-state index contributed by atoms with van der Waals surface area (Å²) in [4.78, 5) is 14.3. The molecule has 0 unspecified atom stereocenters. The van der Waals surface area contributed by atoms with Gasteiger partial charge >= 0.3 is 0 Å². The second-order valence-corrected chi connectivity index (χ2v) is 5.60. The Morgan fingerprint density at radius 1 is 1.30 bits per heavy atom. The number of carbonyl (C=O) groups excluding carboxylic acids is 1. The van der Waals surface area contributed by atoms with Crippen molar-refractivity contribution < 1.29 is 4.79 Å². The zero-order chi connectivity index (χ0) is 14.4. The van der Waals surface area contributed by atoms with Crippen molar-refractivity contribution in [2.75, 3.05) is 12.3 Å². The highest BCUT2D eigenvalue weighted by Gasteiger charge is 2.15. The van der Waals surface area contributed by atoms with E-state index in [0.29, 0.717) is 13.0 Å². The van der Waals surface area contributed by atoms with Gasteiger partial charge in [-0.3, -0.25) is 4.79 Å². The molecule has 0 aliphatic heterocycles. The summed E-state index contributed by atoms with van der Waals surface area (Å²) in [6.07, 6.45) is 1.42. The number of hydrogen-bond acceptors (Lipinski definition) is 3. The van der Waals surface area contributed by atoms with E-state index in [9.17, 15) is 4.79 Å². The van der Waals surface area contributed by atoms with Crippen LogP contribution in [0.3, 0.4) is 0 Å². The highest BCUT2D eigenvalue weighted by Crippen LogP contribution is 2.15. The smallest absolute Gasteiger partial charge is 0.227 e. The lowest BCUT2D eigenvalue weighted by Crippen LogP contribution is -2.32. The molecule has 1 amide bonds. The molecule has 2 rings (SSSR count). The molecule has 2 N–H and O–H groups in total. The molecule has 20 heavy (non-hydrogen) atoms. The van der Waals surface area contributed by atoms with E-state index in [4.69, 9.17) is 5.73 Å². The molecular formula is C16H20N2OS. The zero-order valence-corrected chi connectivity index (χ0v) is 12.5. The van der Waals surface area contributed by atoms with E-state index in [1.165, 1.54) is 0 Å². The van der Waals surface area contributed by atoms with Crippen molar-refractivity contribution in [1.82, 2.24) is 4.90 Å². The molecule has 0 atom stereocenters. The van der Waals surface area contributed by atoms with Crippen LogP contribution in [-0.2, 0) is 17.8 Å². The van der Waals surface area contributed by atoms with Crippen LogP contribution >= 0.6 is 11.3 Å². The van der Waals surface area contributed by atoms with Gasteiger partial charge in [-0.2, -0.15) is 11.3 Å². The maximum Gasteiger partial charge on any atom is 0.227 e. The predicted molar refractivity (Wildman–Crippen MR) is 84.6 cm³/mol. The number of rotatable bonds is 6. The Morgan fingerprint density at radius 3 is 2.75 bits per heavy atom. The van der Waals surface area contributed by atoms with Crippen LogP contribution in [0.2, 0.25) is 0 Å². The lowest BCUT2D eigenvalue weighted by atomic mass is 10.1. The third-order valence-corrected chi connectivity index (χ3v) is 3.93. The summed E-state index contributed by atoms with van der Waals surface area (Å²) in [5.41, 5.74) is 8.81. The van der Waals surface area contributed by atoms with Gasteiger partial charge in [0.1, 0.15) is 0 Å². The second kappa shape index (κ2) is 7.10. The van der Waals surface area contributed by atoms with Gasteiger partial charge in [-0.05, 0) is 40.4 Å². The summed E-state index contributed by atoms with van der Waals surface area (Å²) in [6.45, 7) is 3.43. The first-order chi connectivity index (χ1) is 9.70. The number of nitrogens with zero attached hydrogens (tertiary/aromatic N) is 1. The lowest BCUT2D eigenvalue weighted by molar-refractivity contribution is -0.131. The van der Waals surface area contributed by atoms with E-state index in [1.54, 1.807) is 11.3 Å². The first-order valence-electron chi connectivity index (χ1n) is 6.83. The third kappa shape index (κ3) is 3.84. The molecule has 4 heteroatoms. The maximum absolute atomic E-state index is 12.4. The highest BCUT2D eigenvalue weighted by atomic mass is 32.1. The van der Waals surface area contributed by atoms with Crippen LogP contribution in [0.5, 0.6) is 0 Å². The van der Waals surface area contributed by atoms with Gasteiger partial charge in [0.15, 0.2) is 0 Å². The fourth-order valence-electron chi connectivity index (χ4n) is 2.13. The standard InChI is InChI=1S/C16H20N2OS/c1-2-8-18(11-14-5-3-4-6-15(14)17)16(19)10-13-7-9-20-12-13/h3-7,9,12H,2,8,10-11,17H2,1H3. The van der Waals surface area contributed by atoms with Gasteiger partial charge in [-0.25, -0.2) is 0 Å². The molecule has 1 aromatic heterocycles. The molecule has 0 bridgehead atoms. The Kier molecular flexibility index (Phi) is 5.18. The minimum Gasteiger partial charge on any atom is -0.398 e. The minimum absolute atomic E-state index is 0.161. The van der Waals surface area contributed by atoms with Crippen LogP contribution < -0.4 is 5.73 Å². The summed E-state index contributed by atoms with van der Waals surface area (Å²) in [5.74, 6) is 0.161. The van der Waals surface area contributed by atoms with Gasteiger partial charge in [0.05, 0.1) is 6.42 Å². The topological polar surface area (TPSA) is 46.3 Å². The molecule has 1 aromatic carbocycles. The molecule has 0 aliphatic carbocycles. The van der Waals surface area contributed by atoms with Crippen LogP contribution in [0.1, 0.15) is 24.5 Å². The molecule has 0 fully saturated rings. The van der Waals surface area contributed by atoms with E-state index in [2.05, 4.69) is 6.92 Å². The molecule has 1 heterocycles. The molecule has 106 valence electrons. The Hall–Kier alpha value is -1.81. The largest absolute Gasteiger partial charge is 0.398 e. The summed E-state index contributed by atoms with van der Waals surface area (Å²) in [6, 6.07) is 9.73. The molecule has 0 radical (unpaired) electrons. The summed E-state index contributed by atoms with van der Waals surface area (Å²) in [5, 5.41) is 4.03. The number of amides is 1. The van der Waals surface area contributed by atoms with E-state index in [1.807, 2.05) is 46.0 Å². The molecule has 0 saturated carbocycles. The number of para-hydroxylation sites is 1. The molecule has 0 aliphatic rings. The normalized spacial score (nSPS) is 10.4. The van der Waals surface area contributed by atoms with E-state index in [0.717, 1.165) is 29.8 Å². The van der Waals surface area contributed by atoms with E-state index >= 15 is 0 Å². The monoisotopic (exact) mass is 288 g/mol. The number of anilines is 1. The zero-order valence-electron chi connectivity index (χ0n) is 11.7. The fraction of sp³-hybridized carbons (Fsp3) is 0.312. The maximum atomic E-state index is 12.4. The fourth-order valence-corrected chi connectivity index (χ4v) is 2.79. The van der Waals surface area contributed by atoms with Crippen molar-refractivity contribution in [3.8, 4) is 0 Å². The van der Waals surface area contributed by atoms with Crippen LogP contribution in [0.25, 0.3) is 0 Å². The van der Waals surface area contributed by atoms with Crippen molar-refractivity contribution >= 4 is 22.9 Å². The van der Waals surface area contributed by atoms with Crippen molar-refractivity contribution in [3.05, 3.63) is 52.2 Å². The molecule has 0 spiro atoms. The average Bonchev–Trinajstić information content (AvgIpc) is 2.93. The Morgan fingerprint density at radius 2 is 2.10 bits per heavy atom. The lowest BCUT2D eigenvalue weighted by Gasteiger charge is -2.23. The SMILES string of the molecule is CCCN(Cc1ccccc1N)C(=O)Cc1ccsc1. The van der Waals surface area contributed by atoms with Gasteiger partial charge < -0.3 is 10.6 Å². The number of nitrogen functional groups attached to an aromatic ring is 1. The van der Waals surface area contributed by atoms with Crippen LogP contribution in [-0.4, -0.2) is 17.4 Å². The summed E-state index contributed by atoms with van der Waals surface area (Å²) < 4.78 is 0. The summed E-state index contributed by atoms with van der Waals surface area (Å²) in [7, 11) is 0. The summed E-state index contributed by atoms with van der Waals surface area (Å²) >= 11 is 1.62. The van der Waals surface area contributed by atoms with Crippen molar-refractivity contribution in [2.45, 2.75) is 26.3 Å². The van der Waals surface area contributed by atoms with Gasteiger partial charge in [0, 0.05) is 18.8 Å². The van der Waals surface area contributed by atoms with E-state index in [-0.39, 0.29) is 5.91 Å². The van der Waals surface area contributed by atoms with Crippen LogP contribution in [0.15, 0.2) is 41.1 Å². The number of benzene rings is 1. The Balaban J connectivity index is 2.06. The van der Waals surface area contributed by atoms with Crippen molar-refractivity contribution in [1.29, 1.82) is 0 Å². The van der Waals surface area contributed by atoms with Gasteiger partial charge in [-0.15, -0.1) is 0 Å². The van der Waals surface area contributed by atoms with Gasteiger partial charge in [0.25, 0.3) is 0 Å². The molecular weight excluding hydrogens is 268 g/mol. The quantitative estimate of drug-likeness (QED) is 0.829. The number of thiophene rings is 1. The van der Waals surface area contributed by atoms with Crippen molar-refractivity contribution in [3.63, 3.8) is 0 Å².